The van der Waals surface area contributed by atoms with Crippen molar-refractivity contribution in [2.75, 3.05) is 19.6 Å². The summed E-state index contributed by atoms with van der Waals surface area (Å²) in [6, 6.07) is 146. The van der Waals surface area contributed by atoms with Gasteiger partial charge in [0.1, 0.15) is 0 Å². The second kappa shape index (κ2) is 51.8. The van der Waals surface area contributed by atoms with Crippen molar-refractivity contribution in [2.24, 2.45) is 0 Å². The predicted octanol–water partition coefficient (Wildman–Crippen LogP) is 40.4. The topological polar surface area (TPSA) is 13.0 Å². The van der Waals surface area contributed by atoms with Gasteiger partial charge < -0.3 is 19.6 Å². The Labute approximate surface area is 830 Å². The van der Waals surface area contributed by atoms with E-state index in [2.05, 4.69) is 436 Å². The Morgan fingerprint density at radius 1 is 0.152 bits per heavy atom. The van der Waals surface area contributed by atoms with Crippen LogP contribution in [0.25, 0.3) is 33.4 Å². The maximum atomic E-state index is 2.43. The molecule has 0 atom stereocenters. The van der Waals surface area contributed by atoms with Gasteiger partial charge in [-0.1, -0.05) is 437 Å². The second-order valence-corrected chi connectivity index (χ2v) is 39.6. The number of unbranched alkanes of at least 4 members (excludes halogenated alkanes) is 20. The molecule has 0 spiro atoms. The lowest BCUT2D eigenvalue weighted by molar-refractivity contribution is 0.346. The summed E-state index contributed by atoms with van der Waals surface area (Å²) in [7, 11) is 0. The third-order valence-corrected chi connectivity index (χ3v) is 29.9. The highest BCUT2D eigenvalue weighted by Crippen LogP contribution is 2.51. The SMILES string of the molecule is CCCCCCCCc1ccc(-c2ccc(N(c3ccccc3)c3ccc(C4(c5ccc(N(c6ccccc6)c6ccc(-c7ccc(CCCCCCCC)cc7)cc6)cc5)CCCCC4)cc3)cc2)cc1.CCCCCCCCc1ccc(-c2ccc(N(c3ccccc3)c3ccc(C4(c5ccc(N(c6ccccc6)c6ccc(CCCCCCCC)cc6)cc5)CCCCC4)cc3)cc2)cc1. The Hall–Kier alpha value is -12.5. The van der Waals surface area contributed by atoms with Crippen LogP contribution in [0.5, 0.6) is 0 Å². The number of nitrogens with zero attached hydrogens (tertiary/aromatic N) is 4. The first-order chi connectivity index (χ1) is 68.3. The van der Waals surface area contributed by atoms with Crippen LogP contribution in [-0.4, -0.2) is 0 Å². The lowest BCUT2D eigenvalue weighted by Crippen LogP contribution is -2.30. The third-order valence-electron chi connectivity index (χ3n) is 29.9. The lowest BCUT2D eigenvalue weighted by Gasteiger charge is -2.39. The predicted molar refractivity (Wildman–Crippen MR) is 597 cm³/mol. The first kappa shape index (κ1) is 98.5. The molecule has 0 unspecified atom stereocenters. The molecule has 0 radical (unpaired) electrons. The number of aryl methyl sites for hydroxylation is 4. The zero-order chi connectivity index (χ0) is 94.4. The van der Waals surface area contributed by atoms with Gasteiger partial charge in [-0.3, -0.25) is 0 Å². The van der Waals surface area contributed by atoms with Crippen LogP contribution in [0.1, 0.15) is 291 Å². The van der Waals surface area contributed by atoms with Crippen LogP contribution in [0.15, 0.2) is 388 Å². The van der Waals surface area contributed by atoms with E-state index in [0.717, 1.165) is 66.2 Å². The standard InChI is InChI=1S/C70H78N2.C64H74N2/c1-3-5-7-9-11-16-24-56-30-34-58(35-31-56)60-38-46-66(47-39-60)71(64-26-18-13-19-27-64)68-50-42-62(43-51-68)70(54-22-15-23-55-70)63-44-52-69(53-45-63)72(65-28-20-14-21-29-65)67-48-40-61(41-49-67)59-36-32-57(33-37-59)25-17-12-10-8-6-4-2;1-3-5-7-9-11-16-24-52-30-34-54(35-31-52)55-36-44-61(45-37-55)66(59-28-20-14-21-29-59)63-48-40-57(41-49-63)64(50-22-15-23-51-64)56-38-46-62(47-39-56)65(58-26-18-13-19-27-58)60-42-32-53(33-43-60)25-17-12-10-8-6-4-2/h13-14,18-21,26-53H,3-12,15-17,22-25,54-55H2,1-2H3;13-14,18-21,26-49H,3-12,15-17,22-25,50-51H2,1-2H3. The van der Waals surface area contributed by atoms with E-state index in [-0.39, 0.29) is 10.8 Å². The summed E-state index contributed by atoms with van der Waals surface area (Å²) in [5.41, 5.74) is 33.0. The first-order valence-corrected chi connectivity index (χ1v) is 53.8. The highest BCUT2D eigenvalue weighted by molar-refractivity contribution is 5.83. The molecule has 0 amide bonds. The summed E-state index contributed by atoms with van der Waals surface area (Å²) in [6.45, 7) is 9.15. The average Bonchev–Trinajstić information content (AvgIpc) is 0.762. The molecule has 138 heavy (non-hydrogen) atoms. The number of para-hydroxylation sites is 4. The molecule has 2 aliphatic carbocycles. The zero-order valence-corrected chi connectivity index (χ0v) is 83.6. The molecule has 15 aromatic rings. The molecular formula is C134H152N4. The van der Waals surface area contributed by atoms with Gasteiger partial charge in [0.05, 0.1) is 0 Å². The van der Waals surface area contributed by atoms with Gasteiger partial charge in [-0.25, -0.2) is 0 Å². The van der Waals surface area contributed by atoms with E-state index in [4.69, 9.17) is 0 Å². The maximum Gasteiger partial charge on any atom is 0.0462 e. The quantitative estimate of drug-likeness (QED) is 0.0353. The normalized spacial score (nSPS) is 13.3. The van der Waals surface area contributed by atoms with Gasteiger partial charge in [-0.2, -0.15) is 0 Å². The molecule has 4 nitrogen and oxygen atoms in total. The fraction of sp³-hybridized carbons (Fsp3) is 0.328. The minimum Gasteiger partial charge on any atom is -0.311 e. The molecule has 2 fully saturated rings. The number of benzene rings is 15. The molecule has 4 heteroatoms. The minimum absolute atomic E-state index is 0.0194. The van der Waals surface area contributed by atoms with Crippen LogP contribution < -0.4 is 19.6 Å². The van der Waals surface area contributed by atoms with Crippen molar-refractivity contribution in [1.82, 2.24) is 0 Å². The van der Waals surface area contributed by atoms with E-state index >= 15 is 0 Å². The van der Waals surface area contributed by atoms with Gasteiger partial charge >= 0.3 is 0 Å². The molecule has 0 aliphatic heterocycles. The first-order valence-electron chi connectivity index (χ1n) is 53.8. The summed E-state index contributed by atoms with van der Waals surface area (Å²) < 4.78 is 0. The third kappa shape index (κ3) is 26.3. The van der Waals surface area contributed by atoms with Crippen LogP contribution in [0, 0.1) is 0 Å². The summed E-state index contributed by atoms with van der Waals surface area (Å²) in [6.07, 6.45) is 48.9. The largest absolute Gasteiger partial charge is 0.311 e. The summed E-state index contributed by atoms with van der Waals surface area (Å²) in [5.74, 6) is 0. The molecule has 0 heterocycles. The summed E-state index contributed by atoms with van der Waals surface area (Å²) in [5, 5.41) is 0. The summed E-state index contributed by atoms with van der Waals surface area (Å²) in [4.78, 5) is 9.62. The fourth-order valence-electron chi connectivity index (χ4n) is 21.9. The number of rotatable bonds is 47. The van der Waals surface area contributed by atoms with Crippen molar-refractivity contribution in [1.29, 1.82) is 0 Å². The lowest BCUT2D eigenvalue weighted by atomic mass is 9.65. The van der Waals surface area contributed by atoms with Crippen LogP contribution >= 0.6 is 0 Å². The highest BCUT2D eigenvalue weighted by atomic mass is 15.2. The number of hydrogen-bond acceptors (Lipinski definition) is 4. The van der Waals surface area contributed by atoms with E-state index in [0.29, 0.717) is 0 Å². The smallest absolute Gasteiger partial charge is 0.0462 e. The Bertz CT molecular complexity index is 5770. The van der Waals surface area contributed by atoms with Gasteiger partial charge in [0, 0.05) is 79.1 Å². The van der Waals surface area contributed by atoms with Crippen molar-refractivity contribution >= 4 is 68.2 Å². The van der Waals surface area contributed by atoms with E-state index < -0.39 is 0 Å². The van der Waals surface area contributed by atoms with E-state index in [9.17, 15) is 0 Å². The van der Waals surface area contributed by atoms with E-state index in [1.807, 2.05) is 0 Å². The molecule has 2 aliphatic rings. The number of anilines is 12. The van der Waals surface area contributed by atoms with Crippen LogP contribution in [0.2, 0.25) is 0 Å². The van der Waals surface area contributed by atoms with Gasteiger partial charge in [0.25, 0.3) is 0 Å². The van der Waals surface area contributed by atoms with Gasteiger partial charge in [0.15, 0.2) is 0 Å². The number of hydrogen-bond donors (Lipinski definition) is 0. The van der Waals surface area contributed by atoms with Gasteiger partial charge in [-0.05, 0) is 301 Å². The maximum absolute atomic E-state index is 2.43. The Balaban J connectivity index is 0.000000200. The van der Waals surface area contributed by atoms with E-state index in [1.165, 1.54) is 324 Å². The Morgan fingerprint density at radius 2 is 0.304 bits per heavy atom. The molecule has 2 saturated carbocycles. The van der Waals surface area contributed by atoms with Gasteiger partial charge in [0.2, 0.25) is 0 Å². The van der Waals surface area contributed by atoms with E-state index in [1.54, 1.807) is 0 Å². The monoisotopic (exact) mass is 1820 g/mol. The van der Waals surface area contributed by atoms with Crippen molar-refractivity contribution in [3.8, 4) is 33.4 Å². The molecular weight excluding hydrogens is 1670 g/mol. The molecule has 0 aromatic heterocycles. The second-order valence-electron chi connectivity index (χ2n) is 39.6. The molecule has 15 aromatic carbocycles. The minimum atomic E-state index is -0.0396. The van der Waals surface area contributed by atoms with Crippen LogP contribution in [0.3, 0.4) is 0 Å². The van der Waals surface area contributed by atoms with Crippen molar-refractivity contribution in [3.05, 3.63) is 433 Å². The Morgan fingerprint density at radius 3 is 0.500 bits per heavy atom. The van der Waals surface area contributed by atoms with Crippen LogP contribution in [-0.2, 0) is 36.5 Å². The molecule has 0 saturated heterocycles. The Kier molecular flexibility index (Phi) is 37.0. The highest BCUT2D eigenvalue weighted by Gasteiger charge is 2.38. The van der Waals surface area contributed by atoms with Gasteiger partial charge in [-0.15, -0.1) is 0 Å². The zero-order valence-electron chi connectivity index (χ0n) is 83.6. The molecule has 708 valence electrons. The molecule has 0 N–H and O–H groups in total. The molecule has 0 bridgehead atoms. The summed E-state index contributed by atoms with van der Waals surface area (Å²) >= 11 is 0. The van der Waals surface area contributed by atoms with Crippen molar-refractivity contribution in [3.63, 3.8) is 0 Å². The average molecular weight is 1820 g/mol. The molecule has 17 rings (SSSR count). The fourth-order valence-corrected chi connectivity index (χ4v) is 21.9. The van der Waals surface area contributed by atoms with Crippen molar-refractivity contribution in [2.45, 2.75) is 283 Å². The van der Waals surface area contributed by atoms with Crippen molar-refractivity contribution < 1.29 is 0 Å². The van der Waals surface area contributed by atoms with Crippen LogP contribution in [0.4, 0.5) is 68.2 Å².